The maximum absolute atomic E-state index is 2.71. The van der Waals surface area contributed by atoms with Crippen molar-refractivity contribution in [3.8, 4) is 50.4 Å². The van der Waals surface area contributed by atoms with Crippen molar-refractivity contribution in [2.45, 2.75) is 57.8 Å². The monoisotopic (exact) mass is 771 g/mol. The summed E-state index contributed by atoms with van der Waals surface area (Å²) in [5.74, 6) is 0. The lowest BCUT2D eigenvalue weighted by Crippen LogP contribution is -2.23. The third-order valence-electron chi connectivity index (χ3n) is 14.6. The number of nitrogens with zero attached hydrogens (tertiary/aromatic N) is 3. The average Bonchev–Trinajstić information content (AvgIpc) is 4.06. The molecule has 0 radical (unpaired) electrons. The van der Waals surface area contributed by atoms with Gasteiger partial charge < -0.3 is 13.7 Å². The van der Waals surface area contributed by atoms with Crippen LogP contribution < -0.4 is 0 Å². The van der Waals surface area contributed by atoms with Crippen LogP contribution in [-0.4, -0.2) is 13.7 Å². The van der Waals surface area contributed by atoms with Crippen LogP contribution in [-0.2, 0) is 16.2 Å². The van der Waals surface area contributed by atoms with Crippen molar-refractivity contribution in [1.29, 1.82) is 0 Å². The molecule has 3 nitrogen and oxygen atoms in total. The van der Waals surface area contributed by atoms with Crippen LogP contribution in [0, 0.1) is 0 Å². The second-order valence-electron chi connectivity index (χ2n) is 18.9. The maximum atomic E-state index is 2.71. The molecule has 0 atom stereocenters. The number of para-hydroxylation sites is 3. The van der Waals surface area contributed by atoms with Crippen molar-refractivity contribution >= 4 is 32.7 Å². The van der Waals surface area contributed by atoms with Crippen LogP contribution in [0.2, 0.25) is 0 Å². The first kappa shape index (κ1) is 34.1. The minimum atomic E-state index is -0.369. The summed E-state index contributed by atoms with van der Waals surface area (Å²) in [6.45, 7) is 15.0. The highest BCUT2D eigenvalue weighted by Gasteiger charge is 2.56. The Morgan fingerprint density at radius 3 is 0.783 bits per heavy atom. The predicted octanol–water partition coefficient (Wildman–Crippen LogP) is 14.4. The summed E-state index contributed by atoms with van der Waals surface area (Å²) in [4.78, 5) is 0. The minimum absolute atomic E-state index is 0.369. The minimum Gasteiger partial charge on any atom is -0.311 e. The second-order valence-corrected chi connectivity index (χ2v) is 18.9. The summed E-state index contributed by atoms with van der Waals surface area (Å²) < 4.78 is 8.12. The summed E-state index contributed by atoms with van der Waals surface area (Å²) >= 11 is 0. The lowest BCUT2D eigenvalue weighted by Gasteiger charge is -2.31. The third kappa shape index (κ3) is 3.88. The molecule has 0 aliphatic carbocycles. The molecule has 0 amide bonds. The maximum Gasteiger partial charge on any atom is 0.0584 e. The van der Waals surface area contributed by atoms with Gasteiger partial charge in [0.2, 0.25) is 0 Å². The second kappa shape index (κ2) is 11.2. The SMILES string of the molecule is CC1(C)c2c3c(c4c(c2-n2c1c(-c1ccccc1)c1ccccc12)C(C)(C)c1c(-c2ccccc2)c2ccccc2n1-4)C(C)(C)c1c(-c2ccccc2)c2ccccc2n1-3. The Labute approximate surface area is 350 Å². The highest BCUT2D eigenvalue weighted by molar-refractivity contribution is 6.08. The lowest BCUT2D eigenvalue weighted by atomic mass is 9.70. The number of fused-ring (bicyclic) bond motifs is 18. The van der Waals surface area contributed by atoms with Crippen LogP contribution in [0.25, 0.3) is 83.2 Å². The topological polar surface area (TPSA) is 14.8 Å². The molecule has 60 heavy (non-hydrogen) atoms. The molecule has 3 heteroatoms. The summed E-state index contributed by atoms with van der Waals surface area (Å²) in [5.41, 5.74) is 22.9. The zero-order chi connectivity index (χ0) is 40.4. The molecule has 288 valence electrons. The molecule has 0 spiro atoms. The van der Waals surface area contributed by atoms with E-state index < -0.39 is 0 Å². The standard InChI is InChI=1S/C57H45N3/c1-55(2)46-49(58-40-31-19-16-28-37(40)43(52(55)58)34-22-10-7-11-23-34)47-51(60-42-33-21-18-30-39(42)45(54(60)56(47,3)4)36-26-14-9-15-27-36)48-50(46)59-41-32-20-17-29-38(41)44(53(59)57(48,5)6)35-24-12-8-13-25-35/h7-33H,1-6H3. The van der Waals surface area contributed by atoms with Crippen molar-refractivity contribution in [2.75, 3.05) is 0 Å². The molecule has 3 aromatic heterocycles. The number of hydrogen-bond donors (Lipinski definition) is 0. The van der Waals surface area contributed by atoms with E-state index in [2.05, 4.69) is 219 Å². The van der Waals surface area contributed by atoms with Gasteiger partial charge in [-0.1, -0.05) is 187 Å². The Kier molecular flexibility index (Phi) is 6.39. The molecule has 0 bridgehead atoms. The van der Waals surface area contributed by atoms with E-state index in [0.29, 0.717) is 0 Å². The van der Waals surface area contributed by atoms with Crippen molar-refractivity contribution in [1.82, 2.24) is 13.7 Å². The summed E-state index contributed by atoms with van der Waals surface area (Å²) in [7, 11) is 0. The van der Waals surface area contributed by atoms with Crippen LogP contribution in [0.15, 0.2) is 164 Å². The van der Waals surface area contributed by atoms with Gasteiger partial charge in [-0.15, -0.1) is 0 Å². The number of benzene rings is 7. The molecule has 6 heterocycles. The highest BCUT2D eigenvalue weighted by atomic mass is 15.1. The van der Waals surface area contributed by atoms with Crippen molar-refractivity contribution in [3.63, 3.8) is 0 Å². The van der Waals surface area contributed by atoms with E-state index in [4.69, 9.17) is 0 Å². The third-order valence-corrected chi connectivity index (χ3v) is 14.6. The van der Waals surface area contributed by atoms with E-state index in [0.717, 1.165) is 0 Å². The molecular formula is C57H45N3. The van der Waals surface area contributed by atoms with Gasteiger partial charge in [-0.2, -0.15) is 0 Å². The largest absolute Gasteiger partial charge is 0.311 e. The molecule has 0 N–H and O–H groups in total. The molecule has 3 aliphatic heterocycles. The fourth-order valence-electron chi connectivity index (χ4n) is 12.4. The Morgan fingerprint density at radius 2 is 0.517 bits per heavy atom. The van der Waals surface area contributed by atoms with Gasteiger partial charge in [-0.05, 0) is 34.9 Å². The predicted molar refractivity (Wildman–Crippen MR) is 250 cm³/mol. The summed E-state index contributed by atoms with van der Waals surface area (Å²) in [6.07, 6.45) is 0. The van der Waals surface area contributed by atoms with Gasteiger partial charge in [0.25, 0.3) is 0 Å². The van der Waals surface area contributed by atoms with Gasteiger partial charge in [0.15, 0.2) is 0 Å². The first-order chi connectivity index (χ1) is 29.1. The van der Waals surface area contributed by atoms with Gasteiger partial charge in [0.05, 0.1) is 33.6 Å². The molecule has 0 saturated carbocycles. The Hall–Kier alpha value is -6.84. The zero-order valence-corrected chi connectivity index (χ0v) is 34.9. The summed E-state index contributed by atoms with van der Waals surface area (Å²) in [6, 6.07) is 60.8. The number of rotatable bonds is 3. The fraction of sp³-hybridized carbons (Fsp3) is 0.158. The van der Waals surface area contributed by atoms with Gasteiger partial charge in [0, 0.05) is 82.9 Å². The van der Waals surface area contributed by atoms with E-state index in [-0.39, 0.29) is 16.2 Å². The van der Waals surface area contributed by atoms with Crippen LogP contribution in [0.3, 0.4) is 0 Å². The Balaban J connectivity index is 1.29. The quantitative estimate of drug-likeness (QED) is 0.170. The molecule has 3 aliphatic rings. The van der Waals surface area contributed by atoms with Crippen LogP contribution in [0.5, 0.6) is 0 Å². The van der Waals surface area contributed by atoms with Crippen molar-refractivity contribution < 1.29 is 0 Å². The van der Waals surface area contributed by atoms with Gasteiger partial charge >= 0.3 is 0 Å². The molecule has 7 aromatic carbocycles. The van der Waals surface area contributed by atoms with E-state index in [1.54, 1.807) is 0 Å². The molecule has 13 rings (SSSR count). The number of aromatic nitrogens is 3. The van der Waals surface area contributed by atoms with E-state index in [9.17, 15) is 0 Å². The molecular weight excluding hydrogens is 727 g/mol. The van der Waals surface area contributed by atoms with Crippen LogP contribution in [0.4, 0.5) is 0 Å². The Morgan fingerprint density at radius 1 is 0.283 bits per heavy atom. The fourth-order valence-corrected chi connectivity index (χ4v) is 12.4. The van der Waals surface area contributed by atoms with E-state index in [1.807, 2.05) is 0 Å². The van der Waals surface area contributed by atoms with E-state index >= 15 is 0 Å². The van der Waals surface area contributed by atoms with Gasteiger partial charge in [0.1, 0.15) is 0 Å². The lowest BCUT2D eigenvalue weighted by molar-refractivity contribution is 0.636. The normalized spacial score (nSPS) is 15.9. The molecule has 0 unspecified atom stereocenters. The van der Waals surface area contributed by atoms with Crippen molar-refractivity contribution in [2.24, 2.45) is 0 Å². The Bertz CT molecular complexity index is 3090. The van der Waals surface area contributed by atoms with Gasteiger partial charge in [-0.25, -0.2) is 0 Å². The van der Waals surface area contributed by atoms with Crippen molar-refractivity contribution in [3.05, 3.63) is 198 Å². The average molecular weight is 772 g/mol. The first-order valence-corrected chi connectivity index (χ1v) is 21.5. The van der Waals surface area contributed by atoms with Crippen LogP contribution in [0.1, 0.15) is 75.3 Å². The molecule has 10 aromatic rings. The highest BCUT2D eigenvalue weighted by Crippen LogP contribution is 2.66. The zero-order valence-electron chi connectivity index (χ0n) is 34.9. The molecule has 0 saturated heterocycles. The first-order valence-electron chi connectivity index (χ1n) is 21.5. The summed E-state index contributed by atoms with van der Waals surface area (Å²) in [5, 5.41) is 3.91. The molecule has 0 fully saturated rings. The van der Waals surface area contributed by atoms with E-state index in [1.165, 1.54) is 117 Å². The smallest absolute Gasteiger partial charge is 0.0584 e. The van der Waals surface area contributed by atoms with Crippen LogP contribution >= 0.6 is 0 Å². The van der Waals surface area contributed by atoms with Gasteiger partial charge in [-0.3, -0.25) is 0 Å². The number of hydrogen-bond acceptors (Lipinski definition) is 0.